The highest BCUT2D eigenvalue weighted by Crippen LogP contribution is 2.69. The van der Waals surface area contributed by atoms with Gasteiger partial charge in [-0.25, -0.2) is 0 Å². The molecular weight excluding hydrogens is 386 g/mol. The zero-order chi connectivity index (χ0) is 21.5. The van der Waals surface area contributed by atoms with E-state index < -0.39 is 13.7 Å². The lowest BCUT2D eigenvalue weighted by atomic mass is 9.44. The summed E-state index contributed by atoms with van der Waals surface area (Å²) in [5.41, 5.74) is 1.66. The molecule has 4 aliphatic carbocycles. The Balaban J connectivity index is 1.40. The molecule has 1 aromatic rings. The molecule has 0 aliphatic heterocycles. The lowest BCUT2D eigenvalue weighted by Gasteiger charge is -2.61. The van der Waals surface area contributed by atoms with Gasteiger partial charge in [-0.05, 0) is 105 Å². The van der Waals surface area contributed by atoms with E-state index in [0.717, 1.165) is 36.5 Å². The smallest absolute Gasteiger partial charge is 0.127 e. The van der Waals surface area contributed by atoms with Gasteiger partial charge in [0.05, 0.1) is 11.3 Å². The Bertz CT molecular complexity index is 810. The molecule has 0 saturated heterocycles. The van der Waals surface area contributed by atoms with Crippen LogP contribution < -0.4 is 5.38 Å². The van der Waals surface area contributed by atoms with Crippen molar-refractivity contribution in [1.29, 1.82) is 0 Å². The van der Waals surface area contributed by atoms with Crippen molar-refractivity contribution in [2.75, 3.05) is 0 Å². The molecule has 8 atom stereocenters. The van der Waals surface area contributed by atoms with Crippen molar-refractivity contribution in [3.8, 4) is 0 Å². The SMILES string of the molecule is CC1(O)CC[C@@]2(C)C(CC[C@@H]3[C@H]2CC[C@]2(C)C(c4cc([Si](C)(C)C)on4)CC[C@@H]32)C1. The molecule has 0 aromatic carbocycles. The second kappa shape index (κ2) is 6.70. The number of nitrogens with zero attached hydrogens (tertiary/aromatic N) is 1. The van der Waals surface area contributed by atoms with Crippen LogP contribution in [0, 0.1) is 34.5 Å². The summed E-state index contributed by atoms with van der Waals surface area (Å²) in [6.45, 7) is 14.3. The first-order valence-corrected chi connectivity index (χ1v) is 16.1. The van der Waals surface area contributed by atoms with Crippen LogP contribution >= 0.6 is 0 Å². The van der Waals surface area contributed by atoms with Gasteiger partial charge in [-0.3, -0.25) is 0 Å². The van der Waals surface area contributed by atoms with Crippen molar-refractivity contribution in [2.45, 2.75) is 110 Å². The van der Waals surface area contributed by atoms with Gasteiger partial charge in [-0.1, -0.05) is 38.6 Å². The Hall–Kier alpha value is -0.613. The van der Waals surface area contributed by atoms with Gasteiger partial charge in [-0.2, -0.15) is 0 Å². The maximum atomic E-state index is 10.7. The first kappa shape index (κ1) is 21.2. The Morgan fingerprint density at radius 2 is 1.67 bits per heavy atom. The molecule has 1 aromatic heterocycles. The average Bonchev–Trinajstić information content (AvgIpc) is 3.26. The molecule has 168 valence electrons. The van der Waals surface area contributed by atoms with Crippen LogP contribution in [-0.2, 0) is 0 Å². The normalized spacial score (nSPS) is 48.7. The molecule has 30 heavy (non-hydrogen) atoms. The molecule has 5 rings (SSSR count). The van der Waals surface area contributed by atoms with Crippen LogP contribution in [0.3, 0.4) is 0 Å². The summed E-state index contributed by atoms with van der Waals surface area (Å²) < 4.78 is 5.87. The highest BCUT2D eigenvalue weighted by Gasteiger charge is 2.61. The minimum Gasteiger partial charge on any atom is -0.390 e. The first-order valence-electron chi connectivity index (χ1n) is 12.6. The molecule has 0 bridgehead atoms. The molecule has 1 heterocycles. The second-order valence-electron chi connectivity index (χ2n) is 13.4. The Morgan fingerprint density at radius 3 is 2.37 bits per heavy atom. The van der Waals surface area contributed by atoms with Crippen LogP contribution in [0.2, 0.25) is 19.6 Å². The summed E-state index contributed by atoms with van der Waals surface area (Å²) in [6.07, 6.45) is 11.3. The largest absolute Gasteiger partial charge is 0.390 e. The predicted octanol–water partition coefficient (Wildman–Crippen LogP) is 6.10. The summed E-state index contributed by atoms with van der Waals surface area (Å²) in [6, 6.07) is 2.33. The van der Waals surface area contributed by atoms with E-state index in [9.17, 15) is 5.11 Å². The van der Waals surface area contributed by atoms with Gasteiger partial charge in [-0.15, -0.1) is 0 Å². The van der Waals surface area contributed by atoms with Crippen molar-refractivity contribution >= 4 is 13.5 Å². The Morgan fingerprint density at radius 1 is 0.933 bits per heavy atom. The van der Waals surface area contributed by atoms with E-state index in [1.54, 1.807) is 0 Å². The molecular formula is C26H43NO2Si. The third-order valence-corrected chi connectivity index (χ3v) is 12.3. The second-order valence-corrected chi connectivity index (χ2v) is 18.4. The lowest BCUT2D eigenvalue weighted by molar-refractivity contribution is -0.143. The van der Waals surface area contributed by atoms with Crippen LogP contribution in [0.25, 0.3) is 0 Å². The molecule has 4 heteroatoms. The fourth-order valence-electron chi connectivity index (χ4n) is 8.72. The van der Waals surface area contributed by atoms with Crippen molar-refractivity contribution < 1.29 is 9.63 Å². The van der Waals surface area contributed by atoms with Crippen molar-refractivity contribution in [1.82, 2.24) is 5.16 Å². The first-order chi connectivity index (χ1) is 13.9. The van der Waals surface area contributed by atoms with E-state index in [4.69, 9.17) is 4.52 Å². The summed E-state index contributed by atoms with van der Waals surface area (Å²) in [4.78, 5) is 0. The number of aliphatic hydroxyl groups is 1. The van der Waals surface area contributed by atoms with E-state index in [1.165, 1.54) is 56.0 Å². The Labute approximate surface area is 184 Å². The fourth-order valence-corrected chi connectivity index (χ4v) is 9.62. The van der Waals surface area contributed by atoms with E-state index in [1.807, 2.05) is 0 Å². The van der Waals surface area contributed by atoms with Crippen LogP contribution in [-0.4, -0.2) is 23.9 Å². The van der Waals surface area contributed by atoms with Crippen LogP contribution in [0.4, 0.5) is 0 Å². The Kier molecular flexibility index (Phi) is 4.74. The third kappa shape index (κ3) is 3.10. The standard InChI is InChI=1S/C26H43NO2Si/c1-24(28)13-14-25(2)17(16-24)7-8-18-19-9-10-21(26(19,3)12-11-20(18)25)22-15-23(29-27-22)30(4,5)6/h15,17-21,28H,7-14,16H2,1-6H3/t17?,18-,19-,20+,21?,24?,25-,26-/m0/s1. The number of rotatable bonds is 2. The third-order valence-electron chi connectivity index (χ3n) is 10.6. The van der Waals surface area contributed by atoms with Crippen LogP contribution in [0.15, 0.2) is 10.6 Å². The van der Waals surface area contributed by atoms with E-state index >= 15 is 0 Å². The minimum absolute atomic E-state index is 0.387. The van der Waals surface area contributed by atoms with Gasteiger partial charge >= 0.3 is 0 Å². The molecule has 3 nitrogen and oxygen atoms in total. The van der Waals surface area contributed by atoms with Gasteiger partial charge in [0.2, 0.25) is 0 Å². The molecule has 0 radical (unpaired) electrons. The zero-order valence-corrected chi connectivity index (χ0v) is 21.1. The van der Waals surface area contributed by atoms with Gasteiger partial charge in [0.25, 0.3) is 0 Å². The van der Waals surface area contributed by atoms with Gasteiger partial charge in [0.1, 0.15) is 13.5 Å². The van der Waals surface area contributed by atoms with Gasteiger partial charge in [0, 0.05) is 5.92 Å². The molecule has 4 aliphatic rings. The molecule has 0 amide bonds. The lowest BCUT2D eigenvalue weighted by Crippen LogP contribution is -2.55. The number of hydrogen-bond donors (Lipinski definition) is 1. The average molecular weight is 430 g/mol. The topological polar surface area (TPSA) is 46.3 Å². The van der Waals surface area contributed by atoms with E-state index in [2.05, 4.69) is 51.6 Å². The summed E-state index contributed by atoms with van der Waals surface area (Å²) in [5, 5.41) is 16.5. The quantitative estimate of drug-likeness (QED) is 0.578. The highest BCUT2D eigenvalue weighted by molar-refractivity contribution is 6.87. The summed E-state index contributed by atoms with van der Waals surface area (Å²) in [7, 11) is -1.45. The number of hydrogen-bond acceptors (Lipinski definition) is 3. The highest BCUT2D eigenvalue weighted by atomic mass is 28.3. The van der Waals surface area contributed by atoms with Crippen molar-refractivity contribution in [2.24, 2.45) is 34.5 Å². The molecule has 4 saturated carbocycles. The fraction of sp³-hybridized carbons (Fsp3) is 0.885. The van der Waals surface area contributed by atoms with Crippen LogP contribution in [0.5, 0.6) is 0 Å². The van der Waals surface area contributed by atoms with Gasteiger partial charge < -0.3 is 9.63 Å². The number of fused-ring (bicyclic) bond motifs is 5. The molecule has 1 N–H and O–H groups in total. The molecule has 4 fully saturated rings. The van der Waals surface area contributed by atoms with Crippen molar-refractivity contribution in [3.63, 3.8) is 0 Å². The molecule has 0 spiro atoms. The zero-order valence-electron chi connectivity index (χ0n) is 20.1. The monoisotopic (exact) mass is 429 g/mol. The van der Waals surface area contributed by atoms with Crippen molar-refractivity contribution in [3.05, 3.63) is 11.8 Å². The molecule has 3 unspecified atom stereocenters. The van der Waals surface area contributed by atoms with E-state index in [-0.39, 0.29) is 0 Å². The summed E-state index contributed by atoms with van der Waals surface area (Å²) >= 11 is 0. The maximum Gasteiger partial charge on any atom is 0.127 e. The van der Waals surface area contributed by atoms with E-state index in [0.29, 0.717) is 16.7 Å². The number of aromatic nitrogens is 1. The summed E-state index contributed by atoms with van der Waals surface area (Å²) in [5.74, 6) is 3.88. The minimum atomic E-state index is -1.45. The van der Waals surface area contributed by atoms with Gasteiger partial charge in [0.15, 0.2) is 0 Å². The van der Waals surface area contributed by atoms with Crippen LogP contribution in [0.1, 0.15) is 90.2 Å². The maximum absolute atomic E-state index is 10.7. The predicted molar refractivity (Wildman–Crippen MR) is 125 cm³/mol.